The molecule has 1 aliphatic heterocycles. The van der Waals surface area contributed by atoms with E-state index < -0.39 is 0 Å². The number of benzene rings is 2. The van der Waals surface area contributed by atoms with E-state index in [9.17, 15) is 0 Å². The van der Waals surface area contributed by atoms with E-state index in [1.807, 2.05) is 42.5 Å². The third-order valence-corrected chi connectivity index (χ3v) is 5.00. The van der Waals surface area contributed by atoms with Crippen molar-refractivity contribution in [2.75, 3.05) is 26.7 Å². The van der Waals surface area contributed by atoms with Crippen LogP contribution in [0.1, 0.15) is 0 Å². The van der Waals surface area contributed by atoms with Gasteiger partial charge in [0, 0.05) is 22.8 Å². The second-order valence-corrected chi connectivity index (χ2v) is 6.65. The van der Waals surface area contributed by atoms with Gasteiger partial charge >= 0.3 is 0 Å². The second-order valence-electron chi connectivity index (χ2n) is 6.65. The van der Waals surface area contributed by atoms with Crippen molar-refractivity contribution in [3.8, 4) is 45.4 Å². The molecule has 2 aromatic heterocycles. The van der Waals surface area contributed by atoms with E-state index in [0.29, 0.717) is 45.5 Å². The Balaban J connectivity index is 1.77. The van der Waals surface area contributed by atoms with E-state index in [-0.39, 0.29) is 6.79 Å². The zero-order valence-corrected chi connectivity index (χ0v) is 16.4. The van der Waals surface area contributed by atoms with Crippen molar-refractivity contribution in [1.82, 2.24) is 15.0 Å². The molecule has 0 aliphatic carbocycles. The van der Waals surface area contributed by atoms with Crippen molar-refractivity contribution in [2.24, 2.45) is 0 Å². The molecule has 0 spiro atoms. The number of ether oxygens (including phenoxy) is 4. The van der Waals surface area contributed by atoms with Gasteiger partial charge in [0.05, 0.1) is 25.3 Å². The van der Waals surface area contributed by atoms with Gasteiger partial charge in [-0.3, -0.25) is 0 Å². The predicted molar refractivity (Wildman–Crippen MR) is 112 cm³/mol. The highest BCUT2D eigenvalue weighted by molar-refractivity contribution is 6.02. The van der Waals surface area contributed by atoms with E-state index in [2.05, 4.69) is 9.97 Å². The van der Waals surface area contributed by atoms with Gasteiger partial charge in [0.15, 0.2) is 17.1 Å². The van der Waals surface area contributed by atoms with Crippen LogP contribution in [-0.2, 0) is 0 Å². The van der Waals surface area contributed by atoms with E-state index in [0.717, 1.165) is 16.7 Å². The van der Waals surface area contributed by atoms with Crippen LogP contribution in [0.3, 0.4) is 0 Å². The number of rotatable bonds is 4. The molecule has 0 bridgehead atoms. The lowest BCUT2D eigenvalue weighted by Gasteiger charge is -2.14. The van der Waals surface area contributed by atoms with Gasteiger partial charge in [0.25, 0.3) is 0 Å². The van der Waals surface area contributed by atoms with Crippen molar-refractivity contribution in [1.29, 1.82) is 0 Å². The number of hydrogen-bond donors (Lipinski definition) is 1. The zero-order chi connectivity index (χ0) is 20.7. The molecule has 0 radical (unpaired) electrons. The average molecular weight is 402 g/mol. The molecule has 0 atom stereocenters. The maximum atomic E-state index is 6.21. The molecule has 0 amide bonds. The van der Waals surface area contributed by atoms with Gasteiger partial charge in [-0.1, -0.05) is 0 Å². The largest absolute Gasteiger partial charge is 0.497 e. The lowest BCUT2D eigenvalue weighted by atomic mass is 9.98. The van der Waals surface area contributed by atoms with Gasteiger partial charge in [-0.25, -0.2) is 15.0 Å². The van der Waals surface area contributed by atoms with E-state index in [1.54, 1.807) is 14.2 Å². The Morgan fingerprint density at radius 1 is 0.900 bits per heavy atom. The van der Waals surface area contributed by atoms with Crippen molar-refractivity contribution in [3.63, 3.8) is 0 Å². The summed E-state index contributed by atoms with van der Waals surface area (Å²) in [6, 6.07) is 13.3. The molecule has 0 unspecified atom stereocenters. The summed E-state index contributed by atoms with van der Waals surface area (Å²) in [6.45, 7) is 0.210. The summed E-state index contributed by atoms with van der Waals surface area (Å²) >= 11 is 0. The van der Waals surface area contributed by atoms with Crippen LogP contribution in [0, 0.1) is 0 Å². The summed E-state index contributed by atoms with van der Waals surface area (Å²) in [5.41, 5.74) is 9.92. The van der Waals surface area contributed by atoms with Gasteiger partial charge < -0.3 is 24.7 Å². The quantitative estimate of drug-likeness (QED) is 0.551. The maximum absolute atomic E-state index is 6.21. The monoisotopic (exact) mass is 402 g/mol. The summed E-state index contributed by atoms with van der Waals surface area (Å²) in [5, 5.41) is 0.658. The van der Waals surface area contributed by atoms with Crippen LogP contribution >= 0.6 is 0 Å². The van der Waals surface area contributed by atoms with Crippen LogP contribution in [0.4, 0.5) is 5.82 Å². The number of pyridine rings is 1. The third-order valence-electron chi connectivity index (χ3n) is 5.00. The van der Waals surface area contributed by atoms with Crippen LogP contribution in [-0.4, -0.2) is 36.0 Å². The molecule has 2 aromatic carbocycles. The topological polar surface area (TPSA) is 102 Å². The highest BCUT2D eigenvalue weighted by Crippen LogP contribution is 2.41. The van der Waals surface area contributed by atoms with Crippen molar-refractivity contribution >= 4 is 16.9 Å². The molecule has 8 heteroatoms. The molecular formula is C22H18N4O4. The molecule has 30 heavy (non-hydrogen) atoms. The zero-order valence-electron chi connectivity index (χ0n) is 16.4. The molecule has 3 heterocycles. The fraction of sp³-hybridized carbons (Fsp3) is 0.136. The van der Waals surface area contributed by atoms with E-state index in [4.69, 9.17) is 29.7 Å². The first-order chi connectivity index (χ1) is 14.7. The molecule has 150 valence electrons. The van der Waals surface area contributed by atoms with Gasteiger partial charge in [-0.15, -0.1) is 0 Å². The predicted octanol–water partition coefficient (Wildman–Crippen LogP) is 3.69. The summed E-state index contributed by atoms with van der Waals surface area (Å²) in [6.07, 6.45) is 1.41. The molecule has 0 saturated heterocycles. The standard InChI is InChI=1S/C22H18N4O4/c1-27-13-4-5-14(18(8-13)28-2)15-9-16(26-22-20(15)21(23)24-10-25-22)12-3-6-17-19(7-12)30-11-29-17/h3-10H,11H2,1-2H3,(H2,23,24,25,26). The number of aromatic nitrogens is 3. The van der Waals surface area contributed by atoms with Crippen LogP contribution in [0.2, 0.25) is 0 Å². The molecule has 2 N–H and O–H groups in total. The Bertz CT molecular complexity index is 1280. The van der Waals surface area contributed by atoms with E-state index >= 15 is 0 Å². The Morgan fingerprint density at radius 2 is 1.77 bits per heavy atom. The van der Waals surface area contributed by atoms with Crippen LogP contribution in [0.15, 0.2) is 48.8 Å². The molecule has 8 nitrogen and oxygen atoms in total. The van der Waals surface area contributed by atoms with Crippen LogP contribution in [0.25, 0.3) is 33.4 Å². The number of hydrogen-bond acceptors (Lipinski definition) is 8. The summed E-state index contributed by atoms with van der Waals surface area (Å²) in [7, 11) is 3.22. The fourth-order valence-electron chi connectivity index (χ4n) is 3.53. The molecule has 0 saturated carbocycles. The molecule has 5 rings (SSSR count). The van der Waals surface area contributed by atoms with Crippen LogP contribution < -0.4 is 24.7 Å². The second kappa shape index (κ2) is 7.07. The number of nitrogens with zero attached hydrogens (tertiary/aromatic N) is 3. The van der Waals surface area contributed by atoms with E-state index in [1.165, 1.54) is 6.33 Å². The summed E-state index contributed by atoms with van der Waals surface area (Å²) < 4.78 is 21.9. The van der Waals surface area contributed by atoms with Crippen molar-refractivity contribution < 1.29 is 18.9 Å². The maximum Gasteiger partial charge on any atom is 0.231 e. The Morgan fingerprint density at radius 3 is 2.60 bits per heavy atom. The van der Waals surface area contributed by atoms with Crippen molar-refractivity contribution in [3.05, 3.63) is 48.8 Å². The number of fused-ring (bicyclic) bond motifs is 2. The first-order valence-electron chi connectivity index (χ1n) is 9.21. The minimum absolute atomic E-state index is 0.210. The van der Waals surface area contributed by atoms with Gasteiger partial charge in [0.2, 0.25) is 6.79 Å². The normalized spacial score (nSPS) is 12.2. The van der Waals surface area contributed by atoms with Gasteiger partial charge in [0.1, 0.15) is 23.6 Å². The third kappa shape index (κ3) is 2.89. The molecule has 0 fully saturated rings. The lowest BCUT2D eigenvalue weighted by molar-refractivity contribution is 0.174. The summed E-state index contributed by atoms with van der Waals surface area (Å²) in [5.74, 6) is 3.07. The average Bonchev–Trinajstić information content (AvgIpc) is 3.26. The van der Waals surface area contributed by atoms with Crippen LogP contribution in [0.5, 0.6) is 23.0 Å². The Labute approximate surface area is 172 Å². The van der Waals surface area contributed by atoms with Gasteiger partial charge in [-0.2, -0.15) is 0 Å². The number of nitrogen functional groups attached to an aromatic ring is 1. The smallest absolute Gasteiger partial charge is 0.231 e. The highest BCUT2D eigenvalue weighted by Gasteiger charge is 2.19. The highest BCUT2D eigenvalue weighted by atomic mass is 16.7. The Hall–Kier alpha value is -4.07. The first-order valence-corrected chi connectivity index (χ1v) is 9.21. The molecule has 1 aliphatic rings. The number of nitrogens with two attached hydrogens (primary N) is 1. The fourth-order valence-corrected chi connectivity index (χ4v) is 3.53. The number of anilines is 1. The van der Waals surface area contributed by atoms with Crippen molar-refractivity contribution in [2.45, 2.75) is 0 Å². The molecular weight excluding hydrogens is 384 g/mol. The minimum Gasteiger partial charge on any atom is -0.497 e. The first kappa shape index (κ1) is 18.0. The summed E-state index contributed by atoms with van der Waals surface area (Å²) in [4.78, 5) is 13.2. The number of methoxy groups -OCH3 is 2. The SMILES string of the molecule is COc1ccc(-c2cc(-c3ccc4c(c3)OCO4)nc3ncnc(N)c23)c(OC)c1. The molecule has 4 aromatic rings. The minimum atomic E-state index is 0.210. The van der Waals surface area contributed by atoms with Gasteiger partial charge in [-0.05, 0) is 36.4 Å². The Kier molecular flexibility index (Phi) is 4.24. The lowest BCUT2D eigenvalue weighted by Crippen LogP contribution is -2.00.